The fraction of sp³-hybridized carbons (Fsp3) is 0.385. The highest BCUT2D eigenvalue weighted by Gasteiger charge is 2.18. The number of ether oxygens (including phenoxy) is 1. The highest BCUT2D eigenvalue weighted by Crippen LogP contribution is 2.26. The van der Waals surface area contributed by atoms with Crippen molar-refractivity contribution >= 4 is 16.9 Å². The first-order valence-corrected chi connectivity index (χ1v) is 6.08. The summed E-state index contributed by atoms with van der Waals surface area (Å²) in [5, 5.41) is 14.1. The van der Waals surface area contributed by atoms with Gasteiger partial charge in [-0.3, -0.25) is 0 Å². The summed E-state index contributed by atoms with van der Waals surface area (Å²) in [5.41, 5.74) is 1.21. The summed E-state index contributed by atoms with van der Waals surface area (Å²) in [5.74, 6) is -0.918. The number of rotatable bonds is 2. The summed E-state index contributed by atoms with van der Waals surface area (Å²) < 4.78 is 7.54. The molecule has 5 heteroatoms. The molecule has 1 aromatic heterocycles. The molecular formula is C13H14N2O3. The maximum Gasteiger partial charge on any atom is 0.335 e. The van der Waals surface area contributed by atoms with Crippen molar-refractivity contribution in [2.24, 2.45) is 0 Å². The number of aromatic nitrogens is 2. The second kappa shape index (κ2) is 4.42. The van der Waals surface area contributed by atoms with Crippen molar-refractivity contribution in [3.8, 4) is 0 Å². The lowest BCUT2D eigenvalue weighted by molar-refractivity contribution is -0.0366. The molecule has 0 radical (unpaired) electrons. The third kappa shape index (κ3) is 1.86. The Hall–Kier alpha value is -1.88. The first-order chi connectivity index (χ1) is 8.75. The van der Waals surface area contributed by atoms with Crippen LogP contribution in [-0.4, -0.2) is 27.5 Å². The van der Waals surface area contributed by atoms with E-state index in [1.165, 1.54) is 0 Å². The molecule has 3 rings (SSSR count). The summed E-state index contributed by atoms with van der Waals surface area (Å²) in [7, 11) is 0. The monoisotopic (exact) mass is 246 g/mol. The van der Waals surface area contributed by atoms with Crippen LogP contribution in [-0.2, 0) is 4.74 Å². The molecule has 0 saturated carbocycles. The van der Waals surface area contributed by atoms with E-state index in [9.17, 15) is 4.79 Å². The normalized spacial score (nSPS) is 20.1. The van der Waals surface area contributed by atoms with Crippen LogP contribution < -0.4 is 0 Å². The fourth-order valence-electron chi connectivity index (χ4n) is 2.33. The van der Waals surface area contributed by atoms with Crippen molar-refractivity contribution in [2.45, 2.75) is 25.5 Å². The van der Waals surface area contributed by atoms with Gasteiger partial charge < -0.3 is 9.84 Å². The molecule has 1 saturated heterocycles. The fourth-order valence-corrected chi connectivity index (χ4v) is 2.33. The van der Waals surface area contributed by atoms with E-state index in [2.05, 4.69) is 5.10 Å². The predicted octanol–water partition coefficient (Wildman–Crippen LogP) is 2.43. The maximum atomic E-state index is 10.9. The SMILES string of the molecule is O=C(O)c1ccc2c(cnn2C2CCCCO2)c1. The van der Waals surface area contributed by atoms with Crippen LogP contribution in [0.3, 0.4) is 0 Å². The van der Waals surface area contributed by atoms with Gasteiger partial charge in [-0.1, -0.05) is 0 Å². The number of benzene rings is 1. The van der Waals surface area contributed by atoms with Crippen LogP contribution in [0, 0.1) is 0 Å². The highest BCUT2D eigenvalue weighted by atomic mass is 16.5. The zero-order valence-electron chi connectivity index (χ0n) is 9.87. The number of aromatic carboxylic acids is 1. The van der Waals surface area contributed by atoms with Crippen LogP contribution >= 0.6 is 0 Å². The molecule has 1 fully saturated rings. The first kappa shape index (κ1) is 11.2. The molecule has 1 aliphatic heterocycles. The zero-order chi connectivity index (χ0) is 12.5. The van der Waals surface area contributed by atoms with Gasteiger partial charge in [-0.2, -0.15) is 5.10 Å². The Morgan fingerprint density at radius 1 is 1.44 bits per heavy atom. The van der Waals surface area contributed by atoms with Gasteiger partial charge in [0.05, 0.1) is 17.3 Å². The number of carboxylic acids is 1. The average Bonchev–Trinajstić information content (AvgIpc) is 2.82. The van der Waals surface area contributed by atoms with Crippen LogP contribution in [0.25, 0.3) is 10.9 Å². The minimum absolute atomic E-state index is 0.0214. The number of nitrogens with zero attached hydrogens (tertiary/aromatic N) is 2. The lowest BCUT2D eigenvalue weighted by Gasteiger charge is -2.23. The van der Waals surface area contributed by atoms with Crippen molar-refractivity contribution in [3.63, 3.8) is 0 Å². The molecule has 1 N–H and O–H groups in total. The highest BCUT2D eigenvalue weighted by molar-refractivity contribution is 5.93. The minimum atomic E-state index is -0.918. The van der Waals surface area contributed by atoms with Crippen LogP contribution in [0.5, 0.6) is 0 Å². The second-order valence-electron chi connectivity index (χ2n) is 4.49. The van der Waals surface area contributed by atoms with E-state index < -0.39 is 5.97 Å². The molecule has 18 heavy (non-hydrogen) atoms. The lowest BCUT2D eigenvalue weighted by atomic mass is 10.1. The molecule has 1 aliphatic rings. The number of carboxylic acid groups (broad SMARTS) is 1. The van der Waals surface area contributed by atoms with Crippen LogP contribution in [0.1, 0.15) is 35.8 Å². The Kier molecular flexibility index (Phi) is 2.76. The molecule has 2 heterocycles. The Morgan fingerprint density at radius 3 is 3.06 bits per heavy atom. The molecule has 0 bridgehead atoms. The van der Waals surface area contributed by atoms with Crippen LogP contribution in [0.2, 0.25) is 0 Å². The first-order valence-electron chi connectivity index (χ1n) is 6.08. The Labute approximate surface area is 104 Å². The molecule has 0 aliphatic carbocycles. The minimum Gasteiger partial charge on any atom is -0.478 e. The van der Waals surface area contributed by atoms with E-state index in [1.54, 1.807) is 24.4 Å². The van der Waals surface area contributed by atoms with Gasteiger partial charge in [0.25, 0.3) is 0 Å². The molecule has 0 amide bonds. The van der Waals surface area contributed by atoms with Gasteiger partial charge in [-0.05, 0) is 37.5 Å². The second-order valence-corrected chi connectivity index (χ2v) is 4.49. The summed E-state index contributed by atoms with van der Waals surface area (Å²) in [4.78, 5) is 10.9. The van der Waals surface area contributed by atoms with E-state index in [0.29, 0.717) is 0 Å². The van der Waals surface area contributed by atoms with Gasteiger partial charge in [-0.15, -0.1) is 0 Å². The molecule has 1 aromatic carbocycles. The van der Waals surface area contributed by atoms with Crippen molar-refractivity contribution in [2.75, 3.05) is 6.61 Å². The average molecular weight is 246 g/mol. The topological polar surface area (TPSA) is 64.3 Å². The van der Waals surface area contributed by atoms with E-state index in [4.69, 9.17) is 9.84 Å². The van der Waals surface area contributed by atoms with Gasteiger partial charge >= 0.3 is 5.97 Å². The van der Waals surface area contributed by atoms with Gasteiger partial charge in [0.2, 0.25) is 0 Å². The molecule has 5 nitrogen and oxygen atoms in total. The van der Waals surface area contributed by atoms with Gasteiger partial charge in [0, 0.05) is 12.0 Å². The standard InChI is InChI=1S/C13H14N2O3/c16-13(17)9-4-5-11-10(7-9)8-14-15(11)12-3-1-2-6-18-12/h4-5,7-8,12H,1-3,6H2,(H,16,17). The number of carbonyl (C=O) groups is 1. The third-order valence-electron chi connectivity index (χ3n) is 3.27. The summed E-state index contributed by atoms with van der Waals surface area (Å²) in [6, 6.07) is 5.04. The largest absolute Gasteiger partial charge is 0.478 e. The molecule has 2 aromatic rings. The third-order valence-corrected chi connectivity index (χ3v) is 3.27. The van der Waals surface area contributed by atoms with Crippen molar-refractivity contribution < 1.29 is 14.6 Å². The van der Waals surface area contributed by atoms with E-state index in [-0.39, 0.29) is 11.8 Å². The van der Waals surface area contributed by atoms with Crippen molar-refractivity contribution in [3.05, 3.63) is 30.0 Å². The van der Waals surface area contributed by atoms with Gasteiger partial charge in [0.1, 0.15) is 0 Å². The molecule has 94 valence electrons. The predicted molar refractivity (Wildman–Crippen MR) is 65.5 cm³/mol. The van der Waals surface area contributed by atoms with E-state index >= 15 is 0 Å². The summed E-state index contributed by atoms with van der Waals surface area (Å²) in [6.45, 7) is 0.763. The van der Waals surface area contributed by atoms with Crippen molar-refractivity contribution in [1.29, 1.82) is 0 Å². The molecule has 1 atom stereocenters. The Morgan fingerprint density at radius 2 is 2.33 bits per heavy atom. The van der Waals surface area contributed by atoms with Gasteiger partial charge in [-0.25, -0.2) is 9.48 Å². The number of hydrogen-bond donors (Lipinski definition) is 1. The molecular weight excluding hydrogens is 232 g/mol. The quantitative estimate of drug-likeness (QED) is 0.883. The maximum absolute atomic E-state index is 10.9. The zero-order valence-corrected chi connectivity index (χ0v) is 9.87. The van der Waals surface area contributed by atoms with Crippen LogP contribution in [0.4, 0.5) is 0 Å². The lowest BCUT2D eigenvalue weighted by Crippen LogP contribution is -2.18. The van der Waals surface area contributed by atoms with E-state index in [0.717, 1.165) is 36.8 Å². The summed E-state index contributed by atoms with van der Waals surface area (Å²) in [6.07, 6.45) is 4.86. The Balaban J connectivity index is 2.01. The molecule has 1 unspecified atom stereocenters. The van der Waals surface area contributed by atoms with Crippen molar-refractivity contribution in [1.82, 2.24) is 9.78 Å². The number of hydrogen-bond acceptors (Lipinski definition) is 3. The number of fused-ring (bicyclic) bond motifs is 1. The van der Waals surface area contributed by atoms with Crippen LogP contribution in [0.15, 0.2) is 24.4 Å². The smallest absolute Gasteiger partial charge is 0.335 e. The van der Waals surface area contributed by atoms with Gasteiger partial charge in [0.15, 0.2) is 6.23 Å². The Bertz CT molecular complexity index is 585. The summed E-state index contributed by atoms with van der Waals surface area (Å²) >= 11 is 0. The molecule has 0 spiro atoms. The van der Waals surface area contributed by atoms with E-state index in [1.807, 2.05) is 4.68 Å².